The Morgan fingerprint density at radius 3 is 2.45 bits per heavy atom. The predicted octanol–water partition coefficient (Wildman–Crippen LogP) is 2.78. The van der Waals surface area contributed by atoms with E-state index in [1.165, 1.54) is 25.3 Å². The molecule has 0 atom stereocenters. The van der Waals surface area contributed by atoms with E-state index in [1.54, 1.807) is 17.0 Å². The van der Waals surface area contributed by atoms with Gasteiger partial charge in [0.15, 0.2) is 0 Å². The molecule has 2 aromatic rings. The Kier molecular flexibility index (Phi) is 7.53. The minimum Gasteiger partial charge on any atom is -0.453 e. The molecule has 31 heavy (non-hydrogen) atoms. The summed E-state index contributed by atoms with van der Waals surface area (Å²) in [5, 5.41) is 2.92. The van der Waals surface area contributed by atoms with E-state index in [1.807, 2.05) is 18.2 Å². The second-order valence-corrected chi connectivity index (χ2v) is 9.30. The van der Waals surface area contributed by atoms with Crippen LogP contribution in [0.5, 0.6) is 0 Å². The van der Waals surface area contributed by atoms with E-state index < -0.39 is 15.9 Å². The van der Waals surface area contributed by atoms with Crippen molar-refractivity contribution in [3.05, 3.63) is 64.7 Å². The normalized spacial score (nSPS) is 14.8. The van der Waals surface area contributed by atoms with Gasteiger partial charge in [0, 0.05) is 31.2 Å². The van der Waals surface area contributed by atoms with Gasteiger partial charge in [0.1, 0.15) is 4.90 Å². The molecule has 0 bridgehead atoms. The van der Waals surface area contributed by atoms with Gasteiger partial charge in [-0.3, -0.25) is 4.79 Å². The molecule has 1 saturated heterocycles. The molecule has 0 spiro atoms. The fourth-order valence-corrected chi connectivity index (χ4v) is 4.85. The minimum atomic E-state index is -3.92. The van der Waals surface area contributed by atoms with E-state index in [2.05, 4.69) is 10.0 Å². The molecule has 2 aromatic carbocycles. The molecule has 1 heterocycles. The molecule has 0 aromatic heterocycles. The van der Waals surface area contributed by atoms with Crippen LogP contribution in [0.15, 0.2) is 53.4 Å². The number of benzene rings is 2. The molecule has 3 rings (SSSR count). The van der Waals surface area contributed by atoms with Gasteiger partial charge in [0.25, 0.3) is 5.91 Å². The van der Waals surface area contributed by atoms with Crippen LogP contribution in [0.2, 0.25) is 5.02 Å². The summed E-state index contributed by atoms with van der Waals surface area (Å²) in [6, 6.07) is 13.1. The van der Waals surface area contributed by atoms with Crippen molar-refractivity contribution >= 4 is 33.6 Å². The number of likely N-dealkylation sites (tertiary alicyclic amines) is 1. The van der Waals surface area contributed by atoms with Crippen LogP contribution in [-0.2, 0) is 21.3 Å². The van der Waals surface area contributed by atoms with Gasteiger partial charge in [-0.05, 0) is 36.6 Å². The van der Waals surface area contributed by atoms with Crippen molar-refractivity contribution < 1.29 is 22.7 Å². The second kappa shape index (κ2) is 10.1. The van der Waals surface area contributed by atoms with Crippen molar-refractivity contribution in [2.24, 2.45) is 0 Å². The Labute approximate surface area is 186 Å². The van der Waals surface area contributed by atoms with Crippen molar-refractivity contribution in [2.75, 3.05) is 20.2 Å². The number of nitrogens with zero attached hydrogens (tertiary/aromatic N) is 1. The molecule has 1 aliphatic rings. The molecule has 1 fully saturated rings. The second-order valence-electron chi connectivity index (χ2n) is 7.16. The van der Waals surface area contributed by atoms with Gasteiger partial charge in [0.05, 0.1) is 12.1 Å². The number of halogens is 1. The van der Waals surface area contributed by atoms with Crippen LogP contribution in [0.1, 0.15) is 28.8 Å². The van der Waals surface area contributed by atoms with Crippen LogP contribution in [0.3, 0.4) is 0 Å². The van der Waals surface area contributed by atoms with Crippen LogP contribution in [0.4, 0.5) is 4.79 Å². The van der Waals surface area contributed by atoms with Crippen molar-refractivity contribution in [1.29, 1.82) is 0 Å². The van der Waals surface area contributed by atoms with Crippen molar-refractivity contribution in [3.63, 3.8) is 0 Å². The summed E-state index contributed by atoms with van der Waals surface area (Å²) < 4.78 is 32.7. The molecule has 2 amide bonds. The zero-order valence-electron chi connectivity index (χ0n) is 17.0. The predicted molar refractivity (Wildman–Crippen MR) is 116 cm³/mol. The Morgan fingerprint density at radius 2 is 1.81 bits per heavy atom. The SMILES string of the molecule is COC(=O)N1CCC(NC(=O)c2ccc(Cl)c(S(=O)(=O)NCc3ccccc3)c2)CC1. The van der Waals surface area contributed by atoms with Gasteiger partial charge in [-0.1, -0.05) is 41.9 Å². The number of methoxy groups -OCH3 is 1. The zero-order chi connectivity index (χ0) is 22.4. The summed E-state index contributed by atoms with van der Waals surface area (Å²) in [6.45, 7) is 1.05. The average molecular weight is 466 g/mol. The molecule has 0 aliphatic carbocycles. The first kappa shape index (κ1) is 23.1. The molecular formula is C21H24ClN3O5S. The molecule has 0 saturated carbocycles. The standard InChI is InChI=1S/C21H24ClN3O5S/c1-30-21(27)25-11-9-17(10-12-25)24-20(26)16-7-8-18(22)19(13-16)31(28,29)23-14-15-5-3-2-4-6-15/h2-8,13,17,23H,9-12,14H2,1H3,(H,24,26). The molecule has 2 N–H and O–H groups in total. The Bertz CT molecular complexity index is 1040. The first-order valence-corrected chi connectivity index (χ1v) is 11.6. The Balaban J connectivity index is 1.66. The average Bonchev–Trinajstić information content (AvgIpc) is 2.78. The maximum Gasteiger partial charge on any atom is 0.409 e. The molecule has 0 unspecified atom stereocenters. The summed E-state index contributed by atoms with van der Waals surface area (Å²) in [6.07, 6.45) is 0.775. The fraction of sp³-hybridized carbons (Fsp3) is 0.333. The summed E-state index contributed by atoms with van der Waals surface area (Å²) in [5.74, 6) is -0.396. The van der Waals surface area contributed by atoms with Crippen LogP contribution in [0.25, 0.3) is 0 Å². The lowest BCUT2D eigenvalue weighted by molar-refractivity contribution is 0.0892. The third-order valence-electron chi connectivity index (χ3n) is 5.06. The maximum absolute atomic E-state index is 12.7. The summed E-state index contributed by atoms with van der Waals surface area (Å²) in [5.41, 5.74) is 0.995. The molecule has 166 valence electrons. The number of carbonyl (C=O) groups is 2. The van der Waals surface area contributed by atoms with Crippen LogP contribution in [-0.4, -0.2) is 51.6 Å². The van der Waals surface area contributed by atoms with E-state index >= 15 is 0 Å². The molecular weight excluding hydrogens is 442 g/mol. The minimum absolute atomic E-state index is 0.0310. The molecule has 10 heteroatoms. The summed E-state index contributed by atoms with van der Waals surface area (Å²) >= 11 is 6.12. The Morgan fingerprint density at radius 1 is 1.13 bits per heavy atom. The number of nitrogens with one attached hydrogen (secondary N) is 2. The number of sulfonamides is 1. The van der Waals surface area contributed by atoms with E-state index in [-0.39, 0.29) is 34.2 Å². The Hall–Kier alpha value is -2.62. The van der Waals surface area contributed by atoms with E-state index in [0.29, 0.717) is 25.9 Å². The highest BCUT2D eigenvalue weighted by Crippen LogP contribution is 2.23. The van der Waals surface area contributed by atoms with Crippen LogP contribution >= 0.6 is 11.6 Å². The van der Waals surface area contributed by atoms with Gasteiger partial charge < -0.3 is 15.0 Å². The van der Waals surface area contributed by atoms with E-state index in [4.69, 9.17) is 16.3 Å². The summed E-state index contributed by atoms with van der Waals surface area (Å²) in [4.78, 5) is 25.7. The number of rotatable bonds is 6. The lowest BCUT2D eigenvalue weighted by Crippen LogP contribution is -2.46. The summed E-state index contributed by atoms with van der Waals surface area (Å²) in [7, 11) is -2.59. The lowest BCUT2D eigenvalue weighted by atomic mass is 10.0. The van der Waals surface area contributed by atoms with Crippen molar-refractivity contribution in [3.8, 4) is 0 Å². The maximum atomic E-state index is 12.7. The highest BCUT2D eigenvalue weighted by molar-refractivity contribution is 7.89. The van der Waals surface area contributed by atoms with E-state index in [0.717, 1.165) is 5.56 Å². The number of carbonyl (C=O) groups excluding carboxylic acids is 2. The first-order chi connectivity index (χ1) is 14.8. The number of ether oxygens (including phenoxy) is 1. The largest absolute Gasteiger partial charge is 0.453 e. The number of hydrogen-bond donors (Lipinski definition) is 2. The van der Waals surface area contributed by atoms with Crippen LogP contribution in [0, 0.1) is 0 Å². The third kappa shape index (κ3) is 5.96. The molecule has 1 aliphatic heterocycles. The van der Waals surface area contributed by atoms with Crippen LogP contribution < -0.4 is 10.0 Å². The van der Waals surface area contributed by atoms with E-state index in [9.17, 15) is 18.0 Å². The molecule has 0 radical (unpaired) electrons. The number of amides is 2. The third-order valence-corrected chi connectivity index (χ3v) is 6.94. The monoisotopic (exact) mass is 465 g/mol. The highest BCUT2D eigenvalue weighted by Gasteiger charge is 2.25. The highest BCUT2D eigenvalue weighted by atomic mass is 35.5. The zero-order valence-corrected chi connectivity index (χ0v) is 18.6. The van der Waals surface area contributed by atoms with Gasteiger partial charge in [0.2, 0.25) is 10.0 Å². The fourth-order valence-electron chi connectivity index (χ4n) is 3.31. The smallest absolute Gasteiger partial charge is 0.409 e. The van der Waals surface area contributed by atoms with Gasteiger partial charge >= 0.3 is 6.09 Å². The number of piperidine rings is 1. The topological polar surface area (TPSA) is 105 Å². The first-order valence-electron chi connectivity index (χ1n) is 9.77. The van der Waals surface area contributed by atoms with Crippen molar-refractivity contribution in [2.45, 2.75) is 30.3 Å². The van der Waals surface area contributed by atoms with Gasteiger partial charge in [-0.25, -0.2) is 17.9 Å². The number of hydrogen-bond acceptors (Lipinski definition) is 5. The van der Waals surface area contributed by atoms with Crippen molar-refractivity contribution in [1.82, 2.24) is 14.9 Å². The van der Waals surface area contributed by atoms with Gasteiger partial charge in [-0.15, -0.1) is 0 Å². The van der Waals surface area contributed by atoms with Gasteiger partial charge in [-0.2, -0.15) is 0 Å². The molecule has 8 nitrogen and oxygen atoms in total. The lowest BCUT2D eigenvalue weighted by Gasteiger charge is -2.31. The quantitative estimate of drug-likeness (QED) is 0.682.